The number of nitrogens with zero attached hydrogens (tertiary/aromatic N) is 2. The molecule has 0 spiro atoms. The predicted molar refractivity (Wildman–Crippen MR) is 108 cm³/mol. The van der Waals surface area contributed by atoms with Gasteiger partial charge in [-0.2, -0.15) is 9.40 Å². The molecule has 2 heterocycles. The number of hydrogen-bond acceptors (Lipinski definition) is 4. The zero-order chi connectivity index (χ0) is 19.9. The van der Waals surface area contributed by atoms with Crippen LogP contribution in [0.25, 0.3) is 11.3 Å². The summed E-state index contributed by atoms with van der Waals surface area (Å²) in [5.74, 6) is 0.346. The quantitative estimate of drug-likeness (QED) is 0.700. The summed E-state index contributed by atoms with van der Waals surface area (Å²) in [5.41, 5.74) is 4.28. The van der Waals surface area contributed by atoms with Gasteiger partial charge in [0.1, 0.15) is 10.6 Å². The van der Waals surface area contributed by atoms with Crippen molar-refractivity contribution in [2.24, 2.45) is 0 Å². The number of ether oxygens (including phenoxy) is 1. The van der Waals surface area contributed by atoms with Crippen LogP contribution in [-0.2, 0) is 23.0 Å². The Labute approximate surface area is 169 Å². The summed E-state index contributed by atoms with van der Waals surface area (Å²) in [4.78, 5) is 0.186. The van der Waals surface area contributed by atoms with Gasteiger partial charge in [-0.05, 0) is 36.8 Å². The third-order valence-corrected chi connectivity index (χ3v) is 7.03. The molecule has 1 aromatic heterocycles. The topological polar surface area (TPSA) is 75.3 Å². The van der Waals surface area contributed by atoms with E-state index < -0.39 is 10.0 Å². The van der Waals surface area contributed by atoms with Crippen molar-refractivity contribution in [3.8, 4) is 17.0 Å². The van der Waals surface area contributed by atoms with E-state index in [1.54, 1.807) is 18.2 Å². The number of hydrogen-bond donors (Lipinski definition) is 1. The summed E-state index contributed by atoms with van der Waals surface area (Å²) in [7, 11) is -2.24. The van der Waals surface area contributed by atoms with Gasteiger partial charge in [0.05, 0.1) is 12.8 Å². The molecule has 0 aliphatic carbocycles. The van der Waals surface area contributed by atoms with E-state index in [-0.39, 0.29) is 11.4 Å². The Hall–Kier alpha value is -2.35. The van der Waals surface area contributed by atoms with Crippen LogP contribution >= 0.6 is 11.6 Å². The van der Waals surface area contributed by atoms with Gasteiger partial charge in [-0.1, -0.05) is 29.8 Å². The third-order valence-electron chi connectivity index (χ3n) is 4.93. The van der Waals surface area contributed by atoms with Crippen molar-refractivity contribution < 1.29 is 13.2 Å². The Morgan fingerprint density at radius 1 is 1.21 bits per heavy atom. The van der Waals surface area contributed by atoms with E-state index in [0.717, 1.165) is 28.1 Å². The molecule has 0 saturated heterocycles. The molecule has 0 saturated carbocycles. The number of H-pyrrole nitrogens is 1. The van der Waals surface area contributed by atoms with Crippen LogP contribution in [-0.4, -0.2) is 36.6 Å². The number of fused-ring (bicyclic) bond motifs is 1. The molecule has 0 radical (unpaired) electrons. The second-order valence-electron chi connectivity index (χ2n) is 6.78. The molecule has 8 heteroatoms. The number of methoxy groups -OCH3 is 1. The van der Waals surface area contributed by atoms with Crippen molar-refractivity contribution in [1.29, 1.82) is 0 Å². The smallest absolute Gasteiger partial charge is 0.247 e. The summed E-state index contributed by atoms with van der Waals surface area (Å²) in [6.45, 7) is 2.48. The highest BCUT2D eigenvalue weighted by Gasteiger charge is 2.33. The van der Waals surface area contributed by atoms with Crippen LogP contribution in [0.5, 0.6) is 5.75 Å². The lowest BCUT2D eigenvalue weighted by atomic mass is 10.0. The zero-order valence-corrected chi connectivity index (χ0v) is 17.1. The molecule has 1 aliphatic heterocycles. The normalized spacial score (nSPS) is 14.7. The summed E-state index contributed by atoms with van der Waals surface area (Å²) < 4.78 is 33.5. The zero-order valence-electron chi connectivity index (χ0n) is 15.6. The van der Waals surface area contributed by atoms with E-state index >= 15 is 0 Å². The second-order valence-corrected chi connectivity index (χ2v) is 9.13. The average molecular weight is 418 g/mol. The van der Waals surface area contributed by atoms with Gasteiger partial charge in [0.25, 0.3) is 0 Å². The molecule has 1 N–H and O–H groups in total. The SMILES string of the molecule is COc1ccc(C)cc1S(=O)(=O)N1CCc2[nH]nc(-c3cccc(Cl)c3)c2C1. The summed E-state index contributed by atoms with van der Waals surface area (Å²) in [6.07, 6.45) is 0.566. The molecular formula is C20H20ClN3O3S. The minimum absolute atomic E-state index is 0.186. The van der Waals surface area contributed by atoms with Crippen molar-refractivity contribution in [1.82, 2.24) is 14.5 Å². The molecule has 0 amide bonds. The number of sulfonamides is 1. The van der Waals surface area contributed by atoms with Gasteiger partial charge in [0.15, 0.2) is 0 Å². The molecule has 146 valence electrons. The summed E-state index contributed by atoms with van der Waals surface area (Å²) in [6, 6.07) is 12.6. The van der Waals surface area contributed by atoms with Crippen LogP contribution < -0.4 is 4.74 Å². The van der Waals surface area contributed by atoms with Crippen molar-refractivity contribution in [3.05, 3.63) is 64.3 Å². The lowest BCUT2D eigenvalue weighted by molar-refractivity contribution is 0.377. The number of aromatic amines is 1. The monoisotopic (exact) mass is 417 g/mol. The predicted octanol–water partition coefficient (Wildman–Crippen LogP) is 3.79. The molecule has 3 aromatic rings. The van der Waals surface area contributed by atoms with Crippen LogP contribution in [0.3, 0.4) is 0 Å². The maximum absolute atomic E-state index is 13.3. The summed E-state index contributed by atoms with van der Waals surface area (Å²) in [5, 5.41) is 8.07. The lowest BCUT2D eigenvalue weighted by Crippen LogP contribution is -2.36. The minimum Gasteiger partial charge on any atom is -0.495 e. The van der Waals surface area contributed by atoms with Crippen molar-refractivity contribution in [2.75, 3.05) is 13.7 Å². The molecule has 1 aliphatic rings. The second kappa shape index (κ2) is 7.24. The maximum atomic E-state index is 13.3. The maximum Gasteiger partial charge on any atom is 0.247 e. The third kappa shape index (κ3) is 3.30. The van der Waals surface area contributed by atoms with E-state index in [9.17, 15) is 8.42 Å². The molecule has 4 rings (SSSR count). The van der Waals surface area contributed by atoms with Crippen molar-refractivity contribution in [3.63, 3.8) is 0 Å². The number of halogens is 1. The molecule has 6 nitrogen and oxygen atoms in total. The van der Waals surface area contributed by atoms with E-state index in [0.29, 0.717) is 23.7 Å². The Kier molecular flexibility index (Phi) is 4.91. The standard InChI is InChI=1S/C20H20ClN3O3S/c1-13-6-7-18(27-2)19(10-13)28(25,26)24-9-8-17-16(12-24)20(23-22-17)14-4-3-5-15(21)11-14/h3-7,10-11H,8-9,12H2,1-2H3,(H,22,23). The fourth-order valence-corrected chi connectivity index (χ4v) is 5.31. The first-order valence-electron chi connectivity index (χ1n) is 8.87. The molecule has 0 unspecified atom stereocenters. The van der Waals surface area contributed by atoms with Crippen LogP contribution in [0.4, 0.5) is 0 Å². The van der Waals surface area contributed by atoms with Crippen LogP contribution in [0.2, 0.25) is 5.02 Å². The van der Waals surface area contributed by atoms with Gasteiger partial charge >= 0.3 is 0 Å². The number of rotatable bonds is 4. The van der Waals surface area contributed by atoms with Gasteiger partial charge in [0.2, 0.25) is 10.0 Å². The van der Waals surface area contributed by atoms with E-state index in [1.807, 2.05) is 31.2 Å². The summed E-state index contributed by atoms with van der Waals surface area (Å²) >= 11 is 6.12. The molecular weight excluding hydrogens is 398 g/mol. The van der Waals surface area contributed by atoms with Gasteiger partial charge in [-0.15, -0.1) is 0 Å². The van der Waals surface area contributed by atoms with Gasteiger partial charge in [0, 0.05) is 41.4 Å². The average Bonchev–Trinajstić information content (AvgIpc) is 3.11. The Bertz CT molecular complexity index is 1140. The molecule has 0 atom stereocenters. The highest BCUT2D eigenvalue weighted by Crippen LogP contribution is 2.34. The Morgan fingerprint density at radius 3 is 2.79 bits per heavy atom. The van der Waals surface area contributed by atoms with E-state index in [1.165, 1.54) is 11.4 Å². The first kappa shape index (κ1) is 19.0. The molecule has 0 bridgehead atoms. The van der Waals surface area contributed by atoms with Crippen LogP contribution in [0.1, 0.15) is 16.8 Å². The largest absolute Gasteiger partial charge is 0.495 e. The van der Waals surface area contributed by atoms with E-state index in [2.05, 4.69) is 10.2 Å². The number of aromatic nitrogens is 2. The van der Waals surface area contributed by atoms with Gasteiger partial charge in [-0.25, -0.2) is 8.42 Å². The van der Waals surface area contributed by atoms with E-state index in [4.69, 9.17) is 16.3 Å². The van der Waals surface area contributed by atoms with Gasteiger partial charge < -0.3 is 4.74 Å². The fourth-order valence-electron chi connectivity index (χ4n) is 3.47. The fraction of sp³-hybridized carbons (Fsp3) is 0.250. The first-order valence-corrected chi connectivity index (χ1v) is 10.7. The number of benzene rings is 2. The number of nitrogens with one attached hydrogen (secondary N) is 1. The van der Waals surface area contributed by atoms with Crippen molar-refractivity contribution in [2.45, 2.75) is 24.8 Å². The molecule has 0 fully saturated rings. The minimum atomic E-state index is -3.71. The van der Waals surface area contributed by atoms with Gasteiger partial charge in [-0.3, -0.25) is 5.10 Å². The molecule has 28 heavy (non-hydrogen) atoms. The highest BCUT2D eigenvalue weighted by atomic mass is 35.5. The van der Waals surface area contributed by atoms with Crippen LogP contribution in [0, 0.1) is 6.92 Å². The number of aryl methyl sites for hydroxylation is 1. The highest BCUT2D eigenvalue weighted by molar-refractivity contribution is 7.89. The Morgan fingerprint density at radius 2 is 2.04 bits per heavy atom. The first-order chi connectivity index (χ1) is 13.4. The Balaban J connectivity index is 1.73. The molecule has 2 aromatic carbocycles. The lowest BCUT2D eigenvalue weighted by Gasteiger charge is -2.27. The van der Waals surface area contributed by atoms with Crippen molar-refractivity contribution >= 4 is 21.6 Å². The van der Waals surface area contributed by atoms with Crippen LogP contribution in [0.15, 0.2) is 47.4 Å².